The minimum absolute atomic E-state index is 0.0380. The number of anilines is 2. The van der Waals surface area contributed by atoms with Gasteiger partial charge >= 0.3 is 0 Å². The van der Waals surface area contributed by atoms with Crippen molar-refractivity contribution in [2.75, 3.05) is 43.4 Å². The standard InChI is InChI=1S/C19H21FN4OS/c1-23-10-12-24(13-11-23)17-9-5-4-8-16(17)21-19(26)22-18(25)14-6-2-3-7-15(14)20/h2-9H,10-13H2,1H3,(H2,21,22,25,26). The molecule has 2 N–H and O–H groups in total. The third-order valence-electron chi connectivity index (χ3n) is 4.34. The zero-order valence-corrected chi connectivity index (χ0v) is 15.4. The first-order valence-corrected chi connectivity index (χ1v) is 8.85. The SMILES string of the molecule is CN1CCN(c2ccccc2NC(=S)NC(=O)c2ccccc2F)CC1. The Labute approximate surface area is 157 Å². The van der Waals surface area contributed by atoms with Crippen LogP contribution in [0.4, 0.5) is 15.8 Å². The molecule has 0 radical (unpaired) electrons. The van der Waals surface area contributed by atoms with Gasteiger partial charge in [0.2, 0.25) is 0 Å². The molecule has 0 bridgehead atoms. The summed E-state index contributed by atoms with van der Waals surface area (Å²) in [6.07, 6.45) is 0. The summed E-state index contributed by atoms with van der Waals surface area (Å²) in [5, 5.41) is 5.74. The third kappa shape index (κ3) is 4.36. The largest absolute Gasteiger partial charge is 0.367 e. The summed E-state index contributed by atoms with van der Waals surface area (Å²) in [4.78, 5) is 16.8. The van der Waals surface area contributed by atoms with Gasteiger partial charge in [-0.1, -0.05) is 24.3 Å². The number of nitrogens with one attached hydrogen (secondary N) is 2. The van der Waals surface area contributed by atoms with E-state index in [0.29, 0.717) is 0 Å². The lowest BCUT2D eigenvalue weighted by Gasteiger charge is -2.35. The molecule has 0 saturated carbocycles. The van der Waals surface area contributed by atoms with Crippen molar-refractivity contribution in [3.63, 3.8) is 0 Å². The number of carbonyl (C=O) groups is 1. The second-order valence-electron chi connectivity index (χ2n) is 6.20. The number of hydrogen-bond acceptors (Lipinski definition) is 4. The van der Waals surface area contributed by atoms with E-state index >= 15 is 0 Å². The Morgan fingerprint density at radius 1 is 1.04 bits per heavy atom. The number of amides is 1. The summed E-state index contributed by atoms with van der Waals surface area (Å²) in [6.45, 7) is 3.82. The molecule has 1 heterocycles. The minimum atomic E-state index is -0.578. The molecule has 0 unspecified atom stereocenters. The second kappa shape index (κ2) is 8.25. The highest BCUT2D eigenvalue weighted by molar-refractivity contribution is 7.80. The molecule has 1 amide bonds. The Bertz CT molecular complexity index is 806. The molecule has 0 aliphatic carbocycles. The molecule has 1 aliphatic heterocycles. The molecule has 3 rings (SSSR count). The van der Waals surface area contributed by atoms with Crippen molar-refractivity contribution in [2.45, 2.75) is 0 Å². The molecule has 0 atom stereocenters. The van der Waals surface area contributed by atoms with Crippen molar-refractivity contribution < 1.29 is 9.18 Å². The summed E-state index contributed by atoms with van der Waals surface area (Å²) in [5.74, 6) is -1.15. The number of likely N-dealkylation sites (N-methyl/N-ethyl adjacent to an activating group) is 1. The van der Waals surface area contributed by atoms with E-state index in [1.807, 2.05) is 24.3 Å². The van der Waals surface area contributed by atoms with Crippen molar-refractivity contribution in [3.8, 4) is 0 Å². The number of nitrogens with zero attached hydrogens (tertiary/aromatic N) is 2. The van der Waals surface area contributed by atoms with E-state index in [0.717, 1.165) is 37.6 Å². The molecular weight excluding hydrogens is 351 g/mol. The Hall–Kier alpha value is -2.51. The number of hydrogen-bond donors (Lipinski definition) is 2. The molecule has 2 aromatic rings. The molecule has 1 fully saturated rings. The topological polar surface area (TPSA) is 47.6 Å². The first-order valence-electron chi connectivity index (χ1n) is 8.44. The summed E-state index contributed by atoms with van der Waals surface area (Å²) >= 11 is 5.24. The number of benzene rings is 2. The fourth-order valence-corrected chi connectivity index (χ4v) is 3.07. The fourth-order valence-electron chi connectivity index (χ4n) is 2.87. The first kappa shape index (κ1) is 18.3. The van der Waals surface area contributed by atoms with Crippen LogP contribution < -0.4 is 15.5 Å². The smallest absolute Gasteiger partial charge is 0.260 e. The van der Waals surface area contributed by atoms with Gasteiger partial charge < -0.3 is 15.1 Å². The van der Waals surface area contributed by atoms with E-state index in [1.165, 1.54) is 18.2 Å². The minimum Gasteiger partial charge on any atom is -0.367 e. The van der Waals surface area contributed by atoms with E-state index in [-0.39, 0.29) is 10.7 Å². The maximum atomic E-state index is 13.7. The van der Waals surface area contributed by atoms with Gasteiger partial charge in [-0.05, 0) is 43.5 Å². The van der Waals surface area contributed by atoms with Crippen LogP contribution >= 0.6 is 12.2 Å². The van der Waals surface area contributed by atoms with Gasteiger partial charge in [-0.2, -0.15) is 0 Å². The van der Waals surface area contributed by atoms with Gasteiger partial charge in [-0.25, -0.2) is 4.39 Å². The number of carbonyl (C=O) groups excluding carboxylic acids is 1. The van der Waals surface area contributed by atoms with E-state index in [4.69, 9.17) is 12.2 Å². The zero-order chi connectivity index (χ0) is 18.5. The van der Waals surface area contributed by atoms with Crippen LogP contribution in [-0.4, -0.2) is 49.1 Å². The Morgan fingerprint density at radius 3 is 2.42 bits per heavy atom. The molecule has 7 heteroatoms. The molecule has 136 valence electrons. The number of thiocarbonyl (C=S) groups is 1. The lowest BCUT2D eigenvalue weighted by atomic mass is 10.2. The van der Waals surface area contributed by atoms with Crippen molar-refractivity contribution in [2.24, 2.45) is 0 Å². The van der Waals surface area contributed by atoms with Crippen LogP contribution in [0.25, 0.3) is 0 Å². The quantitative estimate of drug-likeness (QED) is 0.812. The predicted molar refractivity (Wildman–Crippen MR) is 106 cm³/mol. The monoisotopic (exact) mass is 372 g/mol. The molecule has 1 saturated heterocycles. The van der Waals surface area contributed by atoms with Gasteiger partial charge in [-0.3, -0.25) is 10.1 Å². The van der Waals surface area contributed by atoms with Crippen molar-refractivity contribution >= 4 is 34.6 Å². The van der Waals surface area contributed by atoms with Crippen molar-refractivity contribution in [1.29, 1.82) is 0 Å². The van der Waals surface area contributed by atoms with Gasteiger partial charge in [-0.15, -0.1) is 0 Å². The Balaban J connectivity index is 1.68. The van der Waals surface area contributed by atoms with Gasteiger partial charge in [0.15, 0.2) is 5.11 Å². The Morgan fingerprint density at radius 2 is 1.69 bits per heavy atom. The van der Waals surface area contributed by atoms with Gasteiger partial charge in [0, 0.05) is 26.2 Å². The maximum absolute atomic E-state index is 13.7. The molecule has 0 aromatic heterocycles. The van der Waals surface area contributed by atoms with Gasteiger partial charge in [0.25, 0.3) is 5.91 Å². The van der Waals surface area contributed by atoms with Crippen LogP contribution in [-0.2, 0) is 0 Å². The highest BCUT2D eigenvalue weighted by atomic mass is 32.1. The van der Waals surface area contributed by atoms with Crippen LogP contribution in [0.15, 0.2) is 48.5 Å². The van der Waals surface area contributed by atoms with Crippen molar-refractivity contribution in [1.82, 2.24) is 10.2 Å². The third-order valence-corrected chi connectivity index (χ3v) is 4.55. The average Bonchev–Trinajstić information content (AvgIpc) is 2.63. The molecule has 0 spiro atoms. The maximum Gasteiger partial charge on any atom is 0.260 e. The van der Waals surface area contributed by atoms with E-state index in [2.05, 4.69) is 27.5 Å². The molecule has 1 aliphatic rings. The molecule has 5 nitrogen and oxygen atoms in total. The predicted octanol–water partition coefficient (Wildman–Crippen LogP) is 2.70. The second-order valence-corrected chi connectivity index (χ2v) is 6.60. The van der Waals surface area contributed by atoms with E-state index in [9.17, 15) is 9.18 Å². The van der Waals surface area contributed by atoms with E-state index in [1.54, 1.807) is 6.07 Å². The number of halogens is 1. The van der Waals surface area contributed by atoms with Crippen LogP contribution in [0, 0.1) is 5.82 Å². The normalized spacial score (nSPS) is 14.8. The molecular formula is C19H21FN4OS. The number of rotatable bonds is 3. The summed E-state index contributed by atoms with van der Waals surface area (Å²) in [6, 6.07) is 13.6. The number of para-hydroxylation sites is 2. The lowest BCUT2D eigenvalue weighted by molar-refractivity contribution is 0.0974. The van der Waals surface area contributed by atoms with Crippen LogP contribution in [0.5, 0.6) is 0 Å². The van der Waals surface area contributed by atoms with E-state index < -0.39 is 11.7 Å². The number of piperazine rings is 1. The van der Waals surface area contributed by atoms with Crippen LogP contribution in [0.2, 0.25) is 0 Å². The highest BCUT2D eigenvalue weighted by Gasteiger charge is 2.18. The summed E-state index contributed by atoms with van der Waals surface area (Å²) in [7, 11) is 2.11. The summed E-state index contributed by atoms with van der Waals surface area (Å²) < 4.78 is 13.7. The highest BCUT2D eigenvalue weighted by Crippen LogP contribution is 2.26. The molecule has 2 aromatic carbocycles. The average molecular weight is 372 g/mol. The lowest BCUT2D eigenvalue weighted by Crippen LogP contribution is -2.45. The summed E-state index contributed by atoms with van der Waals surface area (Å²) in [5.41, 5.74) is 1.81. The molecule has 26 heavy (non-hydrogen) atoms. The first-order chi connectivity index (χ1) is 12.5. The van der Waals surface area contributed by atoms with Crippen LogP contribution in [0.3, 0.4) is 0 Å². The van der Waals surface area contributed by atoms with Gasteiger partial charge in [0.05, 0.1) is 16.9 Å². The Kier molecular flexibility index (Phi) is 5.80. The zero-order valence-electron chi connectivity index (χ0n) is 14.5. The van der Waals surface area contributed by atoms with Crippen LogP contribution in [0.1, 0.15) is 10.4 Å². The van der Waals surface area contributed by atoms with Crippen molar-refractivity contribution in [3.05, 3.63) is 59.9 Å². The fraction of sp³-hybridized carbons (Fsp3) is 0.263. The van der Waals surface area contributed by atoms with Gasteiger partial charge in [0.1, 0.15) is 5.82 Å².